The number of nitrogens with zero attached hydrogens (tertiary/aromatic N) is 3. The van der Waals surface area contributed by atoms with E-state index < -0.39 is 6.04 Å². The number of aromatic nitrogens is 4. The van der Waals surface area contributed by atoms with E-state index in [1.165, 1.54) is 6.20 Å². The van der Waals surface area contributed by atoms with Crippen LogP contribution in [0.3, 0.4) is 0 Å². The van der Waals surface area contributed by atoms with E-state index in [2.05, 4.69) is 20.5 Å². The van der Waals surface area contributed by atoms with Crippen molar-refractivity contribution in [3.8, 4) is 0 Å². The molecule has 118 valence electrons. The average Bonchev–Trinajstić information content (AvgIpc) is 3.00. The molecule has 3 rings (SSSR count). The second-order valence-electron chi connectivity index (χ2n) is 5.14. The Hall–Kier alpha value is -3.00. The van der Waals surface area contributed by atoms with Crippen LogP contribution in [0.15, 0.2) is 41.5 Å². The summed E-state index contributed by atoms with van der Waals surface area (Å²) < 4.78 is 1.56. The van der Waals surface area contributed by atoms with Crippen molar-refractivity contribution in [2.24, 2.45) is 5.73 Å². The average molecular weight is 312 g/mol. The largest absolute Gasteiger partial charge is 0.342 e. The molecule has 8 nitrogen and oxygen atoms in total. The van der Waals surface area contributed by atoms with Crippen molar-refractivity contribution in [2.45, 2.75) is 19.5 Å². The van der Waals surface area contributed by atoms with E-state index in [-0.39, 0.29) is 17.1 Å². The molecule has 1 amide bonds. The number of amides is 1. The summed E-state index contributed by atoms with van der Waals surface area (Å²) in [6, 6.07) is 6.69. The third-order valence-corrected chi connectivity index (χ3v) is 3.52. The van der Waals surface area contributed by atoms with Crippen molar-refractivity contribution in [3.05, 3.63) is 64.0 Å². The van der Waals surface area contributed by atoms with Gasteiger partial charge in [-0.25, -0.2) is 0 Å². The number of hydrogen-bond acceptors (Lipinski definition) is 5. The molecule has 0 saturated heterocycles. The third kappa shape index (κ3) is 2.84. The zero-order chi connectivity index (χ0) is 16.4. The number of aromatic amines is 1. The highest BCUT2D eigenvalue weighted by Crippen LogP contribution is 2.12. The molecule has 0 aliphatic carbocycles. The summed E-state index contributed by atoms with van der Waals surface area (Å²) in [6.45, 7) is 2.15. The van der Waals surface area contributed by atoms with Crippen molar-refractivity contribution in [1.29, 1.82) is 0 Å². The van der Waals surface area contributed by atoms with Gasteiger partial charge in [-0.15, -0.1) is 10.2 Å². The van der Waals surface area contributed by atoms with Gasteiger partial charge in [-0.2, -0.15) is 0 Å². The first-order valence-corrected chi connectivity index (χ1v) is 7.12. The Kier molecular flexibility index (Phi) is 3.90. The van der Waals surface area contributed by atoms with Crippen LogP contribution >= 0.6 is 0 Å². The van der Waals surface area contributed by atoms with Crippen LogP contribution in [-0.4, -0.2) is 25.5 Å². The topological polar surface area (TPSA) is 118 Å². The first-order chi connectivity index (χ1) is 11.1. The fourth-order valence-corrected chi connectivity index (χ4v) is 2.34. The van der Waals surface area contributed by atoms with Gasteiger partial charge in [0.25, 0.3) is 11.5 Å². The summed E-state index contributed by atoms with van der Waals surface area (Å²) in [5.74, 6) is 0.240. The highest BCUT2D eigenvalue weighted by atomic mass is 16.1. The van der Waals surface area contributed by atoms with Crippen LogP contribution in [0.1, 0.15) is 34.7 Å². The number of fused-ring (bicyclic) bond motifs is 1. The van der Waals surface area contributed by atoms with Gasteiger partial charge in [-0.1, -0.05) is 12.1 Å². The Morgan fingerprint density at radius 1 is 1.43 bits per heavy atom. The highest BCUT2D eigenvalue weighted by molar-refractivity contribution is 5.94. The molecular formula is C15H16N6O2. The van der Waals surface area contributed by atoms with Gasteiger partial charge in [0.05, 0.1) is 6.04 Å². The van der Waals surface area contributed by atoms with E-state index in [9.17, 15) is 9.59 Å². The predicted octanol–water partition coefficient (Wildman–Crippen LogP) is 0.367. The Bertz CT molecular complexity index is 913. The van der Waals surface area contributed by atoms with Gasteiger partial charge in [0, 0.05) is 24.5 Å². The lowest BCUT2D eigenvalue weighted by molar-refractivity contribution is 0.0938. The molecule has 1 unspecified atom stereocenters. The Balaban J connectivity index is 1.85. The van der Waals surface area contributed by atoms with Gasteiger partial charge in [-0.05, 0) is 24.6 Å². The van der Waals surface area contributed by atoms with E-state index in [4.69, 9.17) is 5.73 Å². The zero-order valence-corrected chi connectivity index (χ0v) is 12.5. The Morgan fingerprint density at radius 3 is 3.04 bits per heavy atom. The molecule has 0 fully saturated rings. The summed E-state index contributed by atoms with van der Waals surface area (Å²) in [7, 11) is 0. The summed E-state index contributed by atoms with van der Waals surface area (Å²) in [5, 5.41) is 10.7. The molecule has 4 N–H and O–H groups in total. The van der Waals surface area contributed by atoms with Crippen LogP contribution in [-0.2, 0) is 6.54 Å². The molecule has 0 aliphatic rings. The van der Waals surface area contributed by atoms with Gasteiger partial charge in [0.15, 0.2) is 5.82 Å². The number of nitrogens with two attached hydrogens (primary N) is 1. The minimum Gasteiger partial charge on any atom is -0.342 e. The maximum Gasteiger partial charge on any atom is 0.293 e. The van der Waals surface area contributed by atoms with E-state index in [1.54, 1.807) is 35.7 Å². The molecule has 0 spiro atoms. The number of rotatable bonds is 4. The number of H-pyrrole nitrogens is 1. The number of hydrogen-bond donors (Lipinski definition) is 3. The number of benzene rings is 1. The van der Waals surface area contributed by atoms with Crippen LogP contribution in [0, 0.1) is 0 Å². The van der Waals surface area contributed by atoms with E-state index in [1.807, 2.05) is 6.07 Å². The lowest BCUT2D eigenvalue weighted by atomic mass is 10.1. The van der Waals surface area contributed by atoms with Crippen LogP contribution < -0.4 is 16.6 Å². The van der Waals surface area contributed by atoms with Gasteiger partial charge < -0.3 is 16.0 Å². The van der Waals surface area contributed by atoms with E-state index in [0.29, 0.717) is 17.9 Å². The zero-order valence-electron chi connectivity index (χ0n) is 12.5. The minimum atomic E-state index is -0.416. The summed E-state index contributed by atoms with van der Waals surface area (Å²) in [4.78, 5) is 26.5. The predicted molar refractivity (Wildman–Crippen MR) is 83.8 cm³/mol. The molecule has 0 saturated carbocycles. The van der Waals surface area contributed by atoms with E-state index in [0.717, 1.165) is 5.56 Å². The van der Waals surface area contributed by atoms with E-state index >= 15 is 0 Å². The molecule has 0 radical (unpaired) electrons. The van der Waals surface area contributed by atoms with Crippen molar-refractivity contribution in [2.75, 3.05) is 0 Å². The first-order valence-electron chi connectivity index (χ1n) is 7.12. The summed E-state index contributed by atoms with van der Waals surface area (Å²) in [5.41, 5.74) is 6.84. The van der Waals surface area contributed by atoms with Gasteiger partial charge in [-0.3, -0.25) is 14.0 Å². The lowest BCUT2D eigenvalue weighted by Crippen LogP contribution is -2.28. The summed E-state index contributed by atoms with van der Waals surface area (Å²) >= 11 is 0. The maximum atomic E-state index is 12.3. The molecule has 0 aliphatic heterocycles. The summed E-state index contributed by atoms with van der Waals surface area (Å²) in [6.07, 6.45) is 3.14. The van der Waals surface area contributed by atoms with Gasteiger partial charge in [0.1, 0.15) is 0 Å². The molecule has 23 heavy (non-hydrogen) atoms. The molecule has 0 bridgehead atoms. The molecule has 1 atom stereocenters. The normalized spacial score (nSPS) is 12.3. The third-order valence-electron chi connectivity index (χ3n) is 3.52. The number of carbonyl (C=O) groups is 1. The van der Waals surface area contributed by atoms with Gasteiger partial charge >= 0.3 is 0 Å². The van der Waals surface area contributed by atoms with Crippen LogP contribution in [0.4, 0.5) is 0 Å². The standard InChI is InChI=1S/C15H16N6O2/c1-9(12-19-20-13-15(23)17-5-6-21(12)13)18-14(22)11-4-2-3-10(7-11)8-16/h2-7,9H,8,16H2,1H3,(H,17,23)(H,18,22). The lowest BCUT2D eigenvalue weighted by Gasteiger charge is -2.12. The Morgan fingerprint density at radius 2 is 2.26 bits per heavy atom. The first kappa shape index (κ1) is 14.9. The van der Waals surface area contributed by atoms with Crippen molar-refractivity contribution < 1.29 is 4.79 Å². The molecule has 1 aromatic carbocycles. The molecular weight excluding hydrogens is 296 g/mol. The molecule has 2 heterocycles. The SMILES string of the molecule is CC(NC(=O)c1cccc(CN)c1)c1nnc2c(=O)[nH]ccn12. The van der Waals surface area contributed by atoms with Crippen molar-refractivity contribution in [1.82, 2.24) is 24.9 Å². The van der Waals surface area contributed by atoms with Crippen LogP contribution in [0.25, 0.3) is 5.65 Å². The van der Waals surface area contributed by atoms with Crippen molar-refractivity contribution >= 4 is 11.6 Å². The second-order valence-corrected chi connectivity index (χ2v) is 5.14. The molecule has 3 aromatic rings. The number of nitrogens with one attached hydrogen (secondary N) is 2. The Labute approximate surface area is 131 Å². The number of carbonyl (C=O) groups excluding carboxylic acids is 1. The monoisotopic (exact) mass is 312 g/mol. The smallest absolute Gasteiger partial charge is 0.293 e. The highest BCUT2D eigenvalue weighted by Gasteiger charge is 2.17. The molecule has 8 heteroatoms. The fourth-order valence-electron chi connectivity index (χ4n) is 2.34. The maximum absolute atomic E-state index is 12.3. The van der Waals surface area contributed by atoms with Crippen LogP contribution in [0.5, 0.6) is 0 Å². The second kappa shape index (κ2) is 6.01. The van der Waals surface area contributed by atoms with Gasteiger partial charge in [0.2, 0.25) is 5.65 Å². The minimum absolute atomic E-state index is 0.189. The fraction of sp³-hybridized carbons (Fsp3) is 0.200. The van der Waals surface area contributed by atoms with Crippen molar-refractivity contribution in [3.63, 3.8) is 0 Å². The quantitative estimate of drug-likeness (QED) is 0.643. The van der Waals surface area contributed by atoms with Crippen LogP contribution in [0.2, 0.25) is 0 Å². The molecule has 2 aromatic heterocycles.